The molecular formula is C66H79BN2S. The van der Waals surface area contributed by atoms with Crippen molar-refractivity contribution in [1.82, 2.24) is 0 Å². The zero-order valence-electron chi connectivity index (χ0n) is 46.2. The third kappa shape index (κ3) is 7.89. The zero-order valence-corrected chi connectivity index (χ0v) is 47.0. The summed E-state index contributed by atoms with van der Waals surface area (Å²) in [4.78, 5) is 5.39. The summed E-state index contributed by atoms with van der Waals surface area (Å²) in [5.41, 5.74) is 22.8. The van der Waals surface area contributed by atoms with Gasteiger partial charge in [-0.05, 0) is 161 Å². The number of anilines is 6. The Balaban J connectivity index is 1.37. The largest absolute Gasteiger partial charge is 0.311 e. The van der Waals surface area contributed by atoms with E-state index in [4.69, 9.17) is 0 Å². The first-order chi connectivity index (χ1) is 32.4. The van der Waals surface area contributed by atoms with Crippen molar-refractivity contribution in [3.05, 3.63) is 148 Å². The van der Waals surface area contributed by atoms with Gasteiger partial charge in [-0.1, -0.05) is 186 Å². The molecule has 70 heavy (non-hydrogen) atoms. The number of hydrogen-bond donors (Lipinski definition) is 0. The van der Waals surface area contributed by atoms with Crippen molar-refractivity contribution in [2.24, 2.45) is 0 Å². The van der Waals surface area contributed by atoms with Crippen molar-refractivity contribution in [3.8, 4) is 11.1 Å². The van der Waals surface area contributed by atoms with Crippen LogP contribution in [0.1, 0.15) is 183 Å². The monoisotopic (exact) mass is 943 g/mol. The highest BCUT2D eigenvalue weighted by Crippen LogP contribution is 2.55. The molecule has 6 aromatic carbocycles. The smallest absolute Gasteiger partial charge is 0.264 e. The van der Waals surface area contributed by atoms with E-state index in [0.29, 0.717) is 0 Å². The summed E-state index contributed by atoms with van der Waals surface area (Å²) < 4.78 is 2.77. The minimum Gasteiger partial charge on any atom is -0.311 e. The Morgan fingerprint density at radius 3 is 1.57 bits per heavy atom. The van der Waals surface area contributed by atoms with E-state index in [1.807, 2.05) is 11.3 Å². The van der Waals surface area contributed by atoms with Gasteiger partial charge >= 0.3 is 0 Å². The van der Waals surface area contributed by atoms with Crippen molar-refractivity contribution in [2.75, 3.05) is 9.80 Å². The van der Waals surface area contributed by atoms with Crippen LogP contribution in [0.15, 0.2) is 109 Å². The number of benzene rings is 6. The number of rotatable bonds is 3. The number of nitrogens with zero attached hydrogens (tertiary/aromatic N) is 2. The summed E-state index contributed by atoms with van der Waals surface area (Å²) in [5.74, 6) is 0. The maximum Gasteiger partial charge on any atom is 0.264 e. The average molecular weight is 943 g/mol. The second kappa shape index (κ2) is 15.7. The topological polar surface area (TPSA) is 6.48 Å². The quantitative estimate of drug-likeness (QED) is 0.163. The van der Waals surface area contributed by atoms with Crippen molar-refractivity contribution < 1.29 is 0 Å². The van der Waals surface area contributed by atoms with Crippen molar-refractivity contribution in [2.45, 2.75) is 182 Å². The Morgan fingerprint density at radius 2 is 0.971 bits per heavy atom. The van der Waals surface area contributed by atoms with Crippen LogP contribution in [0, 0.1) is 0 Å². The SMILES string of the molecule is CC(C)(C)c1ccc(N2c3cc(C(C)(C)C)cc4c3B(c3cc(C(C)(C)C)ccc3N4c3ccc(C(C)(C)C)cc3-c3cccc4c3C(C)(C)CCC4(C)C)c3sc4ccc(C(C)(C)C)cc4c32)cc1. The van der Waals surface area contributed by atoms with Crippen molar-refractivity contribution in [1.29, 1.82) is 0 Å². The van der Waals surface area contributed by atoms with Gasteiger partial charge in [0.1, 0.15) is 0 Å². The molecular weight excluding hydrogens is 864 g/mol. The fourth-order valence-corrected chi connectivity index (χ4v) is 13.2. The van der Waals surface area contributed by atoms with Crippen LogP contribution in [0.4, 0.5) is 34.1 Å². The minimum atomic E-state index is -0.131. The van der Waals surface area contributed by atoms with Crippen LogP contribution in [0.5, 0.6) is 0 Å². The average Bonchev–Trinajstić information content (AvgIpc) is 3.64. The first kappa shape index (κ1) is 48.6. The van der Waals surface area contributed by atoms with Gasteiger partial charge in [-0.25, -0.2) is 0 Å². The molecule has 0 saturated carbocycles. The highest BCUT2D eigenvalue weighted by atomic mass is 32.1. The molecule has 3 aliphatic rings. The van der Waals surface area contributed by atoms with E-state index < -0.39 is 0 Å². The molecule has 7 aromatic rings. The Labute approximate surface area is 427 Å². The molecule has 2 nitrogen and oxygen atoms in total. The Bertz CT molecular complexity index is 3230. The molecule has 0 N–H and O–H groups in total. The van der Waals surface area contributed by atoms with Gasteiger partial charge in [0.15, 0.2) is 0 Å². The van der Waals surface area contributed by atoms with Gasteiger partial charge in [0.25, 0.3) is 6.71 Å². The molecule has 1 aliphatic carbocycles. The summed E-state index contributed by atoms with van der Waals surface area (Å²) >= 11 is 2.01. The second-order valence-electron chi connectivity index (χ2n) is 27.9. The van der Waals surface area contributed by atoms with Gasteiger partial charge in [-0.3, -0.25) is 0 Å². The molecule has 0 unspecified atom stereocenters. The van der Waals surface area contributed by atoms with E-state index in [-0.39, 0.29) is 44.6 Å². The molecule has 3 heterocycles. The normalized spacial score (nSPS) is 16.5. The predicted molar refractivity (Wildman–Crippen MR) is 310 cm³/mol. The maximum absolute atomic E-state index is 2.71. The lowest BCUT2D eigenvalue weighted by Crippen LogP contribution is -2.60. The van der Waals surface area contributed by atoms with Gasteiger partial charge in [-0.15, -0.1) is 11.3 Å². The first-order valence-corrected chi connectivity index (χ1v) is 27.1. The van der Waals surface area contributed by atoms with Crippen molar-refractivity contribution in [3.63, 3.8) is 0 Å². The van der Waals surface area contributed by atoms with Gasteiger partial charge in [0.2, 0.25) is 0 Å². The summed E-state index contributed by atoms with van der Waals surface area (Å²) in [6, 6.07) is 44.2. The van der Waals surface area contributed by atoms with Crippen LogP contribution in [0.2, 0.25) is 0 Å². The molecule has 0 amide bonds. The van der Waals surface area contributed by atoms with Gasteiger partial charge in [0, 0.05) is 43.2 Å². The van der Waals surface area contributed by atoms with E-state index in [1.165, 1.54) is 116 Å². The Hall–Kier alpha value is -5.06. The molecule has 0 atom stereocenters. The van der Waals surface area contributed by atoms with E-state index >= 15 is 0 Å². The molecule has 0 saturated heterocycles. The third-order valence-electron chi connectivity index (χ3n) is 16.5. The predicted octanol–water partition coefficient (Wildman–Crippen LogP) is 17.5. The molecule has 1 aromatic heterocycles. The van der Waals surface area contributed by atoms with Crippen LogP contribution in [0.25, 0.3) is 21.2 Å². The van der Waals surface area contributed by atoms with Crippen LogP contribution in [0.3, 0.4) is 0 Å². The van der Waals surface area contributed by atoms with Crippen LogP contribution < -0.4 is 25.5 Å². The maximum atomic E-state index is 2.71. The van der Waals surface area contributed by atoms with E-state index in [9.17, 15) is 0 Å². The highest BCUT2D eigenvalue weighted by molar-refractivity contribution is 7.33. The van der Waals surface area contributed by atoms with E-state index in [2.05, 4.69) is 251 Å². The molecule has 0 bridgehead atoms. The lowest BCUT2D eigenvalue weighted by atomic mass is 9.36. The van der Waals surface area contributed by atoms with E-state index in [0.717, 1.165) is 6.42 Å². The second-order valence-corrected chi connectivity index (χ2v) is 28.9. The van der Waals surface area contributed by atoms with Gasteiger partial charge in [-0.2, -0.15) is 0 Å². The zero-order chi connectivity index (χ0) is 50.6. The number of thiophene rings is 1. The number of hydrogen-bond acceptors (Lipinski definition) is 3. The minimum absolute atomic E-state index is 0.00407. The summed E-state index contributed by atoms with van der Waals surface area (Å²) in [6.07, 6.45) is 2.34. The highest BCUT2D eigenvalue weighted by Gasteiger charge is 2.47. The van der Waals surface area contributed by atoms with Crippen LogP contribution >= 0.6 is 11.3 Å². The fourth-order valence-electron chi connectivity index (χ4n) is 11.9. The van der Waals surface area contributed by atoms with Crippen LogP contribution in [-0.4, -0.2) is 6.71 Å². The summed E-state index contributed by atoms with van der Waals surface area (Å²) in [6.45, 7) is 45.4. The molecule has 0 radical (unpaired) electrons. The molecule has 2 aliphatic heterocycles. The molecule has 362 valence electrons. The summed E-state index contributed by atoms with van der Waals surface area (Å²) in [5, 5.41) is 1.34. The molecule has 10 rings (SSSR count). The first-order valence-electron chi connectivity index (χ1n) is 26.3. The lowest BCUT2D eigenvalue weighted by Gasteiger charge is -2.46. The Kier molecular flexibility index (Phi) is 10.9. The standard InChI is InChI=1S/C66H79BN2S/c1-60(2,3)40-23-28-45(29-24-40)68-53-38-44(64(13,14)15)39-54-57(53)67(59-58(68)48-36-42(62(7,8)9)27-32-55(48)70-59)50-37-43(63(10,11)12)26-31-52(50)69(54)51-30-25-41(61(4,5)6)35-47(51)46-21-20-22-49-56(46)66(18,19)34-33-65(49,16)17/h20-32,35-39H,33-34H2,1-19H3. The van der Waals surface area contributed by atoms with Crippen molar-refractivity contribution >= 4 is 78.0 Å². The van der Waals surface area contributed by atoms with Gasteiger partial charge in [0.05, 0.1) is 11.4 Å². The molecule has 4 heteroatoms. The Morgan fingerprint density at radius 1 is 0.457 bits per heavy atom. The third-order valence-corrected chi connectivity index (χ3v) is 17.7. The number of fused-ring (bicyclic) bond motifs is 7. The molecule has 0 fully saturated rings. The lowest BCUT2D eigenvalue weighted by molar-refractivity contribution is 0.333. The van der Waals surface area contributed by atoms with Crippen LogP contribution in [-0.2, 0) is 37.9 Å². The van der Waals surface area contributed by atoms with Gasteiger partial charge < -0.3 is 9.80 Å². The van der Waals surface area contributed by atoms with E-state index in [1.54, 1.807) is 0 Å². The summed E-state index contributed by atoms with van der Waals surface area (Å²) in [7, 11) is 0. The fraction of sp³-hybridized carbons (Fsp3) is 0.424. The molecule has 0 spiro atoms.